The molecule has 0 saturated carbocycles. The molecule has 0 spiro atoms. The number of hydrogen-bond donors (Lipinski definition) is 3. The first kappa shape index (κ1) is 27.8. The van der Waals surface area contributed by atoms with Crippen molar-refractivity contribution in [3.63, 3.8) is 0 Å². The summed E-state index contributed by atoms with van der Waals surface area (Å²) in [6.07, 6.45) is -1.01. The van der Waals surface area contributed by atoms with E-state index in [-0.39, 0.29) is 40.1 Å². The molecule has 0 unspecified atom stereocenters. The minimum Gasteiger partial charge on any atom is -0.492 e. The molecule has 2 amide bonds. The second kappa shape index (κ2) is 11.8. The Morgan fingerprint density at radius 2 is 1.83 bits per heavy atom. The second-order valence-electron chi connectivity index (χ2n) is 7.56. The number of rotatable bonds is 7. The number of hydrogen-bond acceptors (Lipinski definition) is 10. The zero-order valence-electron chi connectivity index (χ0n) is 19.9. The van der Waals surface area contributed by atoms with E-state index in [9.17, 15) is 20.0 Å². The van der Waals surface area contributed by atoms with Crippen molar-refractivity contribution >= 4 is 73.2 Å². The van der Waals surface area contributed by atoms with Gasteiger partial charge in [0.1, 0.15) is 21.8 Å². The fraction of sp³-hybridized carbons (Fsp3) is 0.300. The van der Waals surface area contributed by atoms with Crippen molar-refractivity contribution in [1.29, 1.82) is 5.26 Å². The van der Waals surface area contributed by atoms with E-state index in [2.05, 4.69) is 25.5 Å². The molecule has 0 bridgehead atoms. The summed E-state index contributed by atoms with van der Waals surface area (Å²) in [5, 5.41) is 32.8. The fourth-order valence-corrected chi connectivity index (χ4v) is 3.65. The van der Waals surface area contributed by atoms with Crippen LogP contribution < -0.4 is 26.4 Å². The molecule has 2 aromatic rings. The normalized spacial score (nSPS) is 11.1. The predicted octanol–water partition coefficient (Wildman–Crippen LogP) is 0.794. The lowest BCUT2D eigenvalue weighted by Crippen LogP contribution is -2.36. The standard InChI is InChI=1S/C20H22B2Cl2N6O5/c1-5-34-20(33)26-17(31)9(6-25)27-28-15-11(21)13(23)16(14(24)12(15)22)35-19-8(4)10(7(2)3)18(32)29-30-19/h7,28H,5,21-22H2,1-4H3,(H,29,32)(H,26,31,33)/b27-9+. The van der Waals surface area contributed by atoms with E-state index in [4.69, 9.17) is 27.9 Å². The second-order valence-corrected chi connectivity index (χ2v) is 8.32. The van der Waals surface area contributed by atoms with E-state index in [0.717, 1.165) is 0 Å². The van der Waals surface area contributed by atoms with Crippen LogP contribution in [0.2, 0.25) is 10.0 Å². The molecule has 3 N–H and O–H groups in total. The molecule has 0 atom stereocenters. The van der Waals surface area contributed by atoms with Gasteiger partial charge >= 0.3 is 6.09 Å². The van der Waals surface area contributed by atoms with Crippen molar-refractivity contribution in [3.8, 4) is 23.6 Å². The first-order valence-corrected chi connectivity index (χ1v) is 11.1. The highest BCUT2D eigenvalue weighted by molar-refractivity contribution is 6.56. The molecule has 35 heavy (non-hydrogen) atoms. The molecule has 0 aliphatic heterocycles. The van der Waals surface area contributed by atoms with Gasteiger partial charge in [0.25, 0.3) is 5.91 Å². The van der Waals surface area contributed by atoms with Crippen LogP contribution in [0.5, 0.6) is 17.5 Å². The van der Waals surface area contributed by atoms with E-state index in [1.807, 2.05) is 19.2 Å². The summed E-state index contributed by atoms with van der Waals surface area (Å²) < 4.78 is 10.5. The summed E-state index contributed by atoms with van der Waals surface area (Å²) in [7, 11) is 3.30. The fourth-order valence-electron chi connectivity index (χ4n) is 3.14. The van der Waals surface area contributed by atoms with E-state index in [0.29, 0.717) is 27.7 Å². The van der Waals surface area contributed by atoms with Gasteiger partial charge in [-0.05, 0) is 30.7 Å². The number of benzene rings is 1. The average Bonchev–Trinajstić information content (AvgIpc) is 2.79. The van der Waals surface area contributed by atoms with E-state index >= 15 is 0 Å². The Bertz CT molecular complexity index is 1220. The summed E-state index contributed by atoms with van der Waals surface area (Å²) >= 11 is 13.1. The van der Waals surface area contributed by atoms with Gasteiger partial charge in [0, 0.05) is 16.8 Å². The first-order valence-electron chi connectivity index (χ1n) is 10.4. The van der Waals surface area contributed by atoms with Gasteiger partial charge in [-0.25, -0.2) is 4.79 Å². The van der Waals surface area contributed by atoms with Crippen LogP contribution >= 0.6 is 23.2 Å². The van der Waals surface area contributed by atoms with Gasteiger partial charge in [-0.1, -0.05) is 37.0 Å². The Hall–Kier alpha value is -3.49. The molecule has 0 fully saturated rings. The van der Waals surface area contributed by atoms with Gasteiger partial charge in [-0.2, -0.15) is 10.4 Å². The van der Waals surface area contributed by atoms with Crippen molar-refractivity contribution < 1.29 is 24.2 Å². The molecule has 1 heterocycles. The molecule has 0 aliphatic rings. The number of hydrazone groups is 1. The molecule has 0 aliphatic carbocycles. The van der Waals surface area contributed by atoms with Crippen molar-refractivity contribution in [2.24, 2.45) is 5.10 Å². The highest BCUT2D eigenvalue weighted by atomic mass is 35.5. The summed E-state index contributed by atoms with van der Waals surface area (Å²) in [4.78, 5) is 23.5. The van der Waals surface area contributed by atoms with Crippen LogP contribution in [-0.2, 0) is 9.53 Å². The summed E-state index contributed by atoms with van der Waals surface area (Å²) in [5.74, 6) is -1.05. The summed E-state index contributed by atoms with van der Waals surface area (Å²) in [6.45, 7) is 7.14. The summed E-state index contributed by atoms with van der Waals surface area (Å²) in [5.41, 5.74) is 4.35. The van der Waals surface area contributed by atoms with Crippen LogP contribution in [0, 0.1) is 18.3 Å². The zero-order valence-corrected chi connectivity index (χ0v) is 21.4. The van der Waals surface area contributed by atoms with Gasteiger partial charge in [0.15, 0.2) is 5.75 Å². The van der Waals surface area contributed by atoms with Crippen LogP contribution in [0.15, 0.2) is 5.10 Å². The number of aromatic nitrogens is 2. The zero-order chi connectivity index (χ0) is 26.4. The molecule has 2 rings (SSSR count). The molecule has 1 aromatic carbocycles. The maximum absolute atomic E-state index is 12.1. The lowest BCUT2D eigenvalue weighted by Gasteiger charge is -2.19. The smallest absolute Gasteiger partial charge is 0.414 e. The van der Waals surface area contributed by atoms with Crippen LogP contribution in [0.1, 0.15) is 37.8 Å². The van der Waals surface area contributed by atoms with Crippen LogP contribution in [0.4, 0.5) is 10.5 Å². The lowest BCUT2D eigenvalue weighted by molar-refractivity contribution is -0.114. The van der Waals surface area contributed by atoms with Gasteiger partial charge in [0.2, 0.25) is 17.5 Å². The third kappa shape index (κ3) is 6.15. The highest BCUT2D eigenvalue weighted by Gasteiger charge is 2.23. The van der Waals surface area contributed by atoms with Gasteiger partial charge in [-0.3, -0.25) is 15.5 Å². The monoisotopic (exact) mass is 518 g/mol. The molecular weight excluding hydrogens is 497 g/mol. The Kier molecular flexibility index (Phi) is 9.33. The number of carbonyl (C=O) groups is 2. The van der Waals surface area contributed by atoms with Crippen molar-refractivity contribution in [2.75, 3.05) is 12.0 Å². The molecule has 1 aromatic heterocycles. The molecule has 0 saturated heterocycles. The van der Waals surface area contributed by atoms with Crippen LogP contribution in [-0.4, -0.2) is 55.3 Å². The molecule has 182 valence electrons. The van der Waals surface area contributed by atoms with Gasteiger partial charge in [0.05, 0.1) is 16.7 Å². The van der Waals surface area contributed by atoms with Gasteiger partial charge < -0.3 is 14.6 Å². The van der Waals surface area contributed by atoms with Crippen molar-refractivity contribution in [3.05, 3.63) is 21.2 Å². The SMILES string of the molecule is Bc1c(Cl)c(Oc2nnc(O)c(C(C)C)c2C)c(Cl)c(B)c1N/N=C(\C#N)C(=O)NC(=O)OCC. The number of nitriles is 1. The first-order chi connectivity index (χ1) is 16.4. The Morgan fingerprint density at radius 3 is 2.34 bits per heavy atom. The number of alkyl carbamates (subject to hydrolysis) is 1. The number of carbonyl (C=O) groups excluding carboxylic acids is 2. The number of halogens is 2. The number of amides is 2. The number of nitrogens with zero attached hydrogens (tertiary/aromatic N) is 4. The molecule has 0 radical (unpaired) electrons. The van der Waals surface area contributed by atoms with E-state index in [1.54, 1.807) is 35.6 Å². The maximum Gasteiger partial charge on any atom is 0.414 e. The third-order valence-electron chi connectivity index (χ3n) is 4.88. The predicted molar refractivity (Wildman–Crippen MR) is 137 cm³/mol. The number of aromatic hydroxyl groups is 1. The van der Waals surface area contributed by atoms with Crippen molar-refractivity contribution in [1.82, 2.24) is 15.5 Å². The number of ether oxygens (including phenoxy) is 2. The minimum absolute atomic E-state index is 0.0398. The maximum atomic E-state index is 12.1. The van der Waals surface area contributed by atoms with Crippen LogP contribution in [0.25, 0.3) is 0 Å². The minimum atomic E-state index is -1.05. The van der Waals surface area contributed by atoms with E-state index < -0.39 is 17.7 Å². The third-order valence-corrected chi connectivity index (χ3v) is 5.79. The lowest BCUT2D eigenvalue weighted by atomic mass is 9.84. The number of imide groups is 1. The molecular formula is C20H22B2Cl2N6O5. The van der Waals surface area contributed by atoms with Gasteiger partial charge in [-0.15, -0.1) is 10.2 Å². The number of anilines is 1. The number of nitrogens with one attached hydrogen (secondary N) is 2. The average molecular weight is 519 g/mol. The van der Waals surface area contributed by atoms with Crippen molar-refractivity contribution in [2.45, 2.75) is 33.6 Å². The summed E-state index contributed by atoms with van der Waals surface area (Å²) in [6, 6.07) is 1.60. The molecule has 11 nitrogen and oxygen atoms in total. The van der Waals surface area contributed by atoms with E-state index in [1.165, 1.54) is 0 Å². The topological polar surface area (TPSA) is 159 Å². The Balaban J connectivity index is 2.42. The Morgan fingerprint density at radius 1 is 1.23 bits per heavy atom. The van der Waals surface area contributed by atoms with Crippen LogP contribution in [0.3, 0.4) is 0 Å². The Labute approximate surface area is 213 Å². The quantitative estimate of drug-likeness (QED) is 0.273. The largest absolute Gasteiger partial charge is 0.492 e. The molecule has 15 heteroatoms. The highest BCUT2D eigenvalue weighted by Crippen LogP contribution is 2.38.